The zero-order valence-corrected chi connectivity index (χ0v) is 12.9. The molecule has 0 aliphatic heterocycles. The predicted octanol–water partition coefficient (Wildman–Crippen LogP) is 1.74. The number of amides is 1. The lowest BCUT2D eigenvalue weighted by molar-refractivity contribution is -0.149. The Morgan fingerprint density at radius 2 is 1.85 bits per heavy atom. The molecule has 0 aromatic rings. The quantitative estimate of drug-likeness (QED) is 0.728. The van der Waals surface area contributed by atoms with Gasteiger partial charge in [-0.15, -0.1) is 0 Å². The minimum Gasteiger partial charge on any atom is -0.466 e. The standard InChI is InChI=1S/C15H28N2O3/c1-4-10-15(3,16)14(19)17-12-8-6-11(7-9-12)13(18)20-5-2/h11-12H,4-10,16H2,1-3H3,(H,17,19). The van der Waals surface area contributed by atoms with Crippen LogP contribution < -0.4 is 11.1 Å². The van der Waals surface area contributed by atoms with Gasteiger partial charge in [0, 0.05) is 6.04 Å². The van der Waals surface area contributed by atoms with Crippen LogP contribution in [0.5, 0.6) is 0 Å². The monoisotopic (exact) mass is 284 g/mol. The van der Waals surface area contributed by atoms with Crippen molar-refractivity contribution in [3.8, 4) is 0 Å². The molecule has 1 aliphatic carbocycles. The Labute approximate surface area is 121 Å². The number of hydrogen-bond donors (Lipinski definition) is 2. The van der Waals surface area contributed by atoms with Gasteiger partial charge in [-0.1, -0.05) is 13.3 Å². The maximum Gasteiger partial charge on any atom is 0.308 e. The minimum absolute atomic E-state index is 0.0111. The summed E-state index contributed by atoms with van der Waals surface area (Å²) in [6, 6.07) is 0.132. The molecule has 3 N–H and O–H groups in total. The number of carbonyl (C=O) groups excluding carboxylic acids is 2. The van der Waals surface area contributed by atoms with E-state index >= 15 is 0 Å². The molecule has 0 aromatic carbocycles. The van der Waals surface area contributed by atoms with Crippen molar-refractivity contribution < 1.29 is 14.3 Å². The van der Waals surface area contributed by atoms with Gasteiger partial charge in [0.1, 0.15) is 0 Å². The summed E-state index contributed by atoms with van der Waals surface area (Å²) >= 11 is 0. The van der Waals surface area contributed by atoms with Gasteiger partial charge in [0.05, 0.1) is 18.1 Å². The van der Waals surface area contributed by atoms with Crippen molar-refractivity contribution in [2.24, 2.45) is 11.7 Å². The highest BCUT2D eigenvalue weighted by Crippen LogP contribution is 2.25. The molecule has 0 radical (unpaired) electrons. The lowest BCUT2D eigenvalue weighted by Gasteiger charge is -2.31. The van der Waals surface area contributed by atoms with E-state index in [-0.39, 0.29) is 23.8 Å². The van der Waals surface area contributed by atoms with Gasteiger partial charge in [0.25, 0.3) is 0 Å². The van der Waals surface area contributed by atoms with Gasteiger partial charge in [-0.2, -0.15) is 0 Å². The van der Waals surface area contributed by atoms with Crippen LogP contribution in [0.4, 0.5) is 0 Å². The highest BCUT2D eigenvalue weighted by atomic mass is 16.5. The molecule has 5 heteroatoms. The number of rotatable bonds is 6. The third-order valence-electron chi connectivity index (χ3n) is 3.97. The van der Waals surface area contributed by atoms with Crippen molar-refractivity contribution in [2.75, 3.05) is 6.61 Å². The second kappa shape index (κ2) is 7.62. The highest BCUT2D eigenvalue weighted by molar-refractivity contribution is 5.85. The molecule has 0 saturated heterocycles. The fraction of sp³-hybridized carbons (Fsp3) is 0.867. The molecular weight excluding hydrogens is 256 g/mol. The zero-order chi connectivity index (χ0) is 15.2. The summed E-state index contributed by atoms with van der Waals surface area (Å²) in [7, 11) is 0. The van der Waals surface area contributed by atoms with E-state index in [0.717, 1.165) is 32.1 Å². The van der Waals surface area contributed by atoms with Crippen molar-refractivity contribution in [3.63, 3.8) is 0 Å². The SMILES string of the molecule is CCCC(C)(N)C(=O)NC1CCC(C(=O)OCC)CC1. The summed E-state index contributed by atoms with van der Waals surface area (Å²) in [6.07, 6.45) is 4.75. The van der Waals surface area contributed by atoms with Crippen LogP contribution >= 0.6 is 0 Å². The first kappa shape index (κ1) is 17.0. The summed E-state index contributed by atoms with van der Waals surface area (Å²) in [6.45, 7) is 6.04. The maximum absolute atomic E-state index is 12.1. The number of hydrogen-bond acceptors (Lipinski definition) is 4. The van der Waals surface area contributed by atoms with E-state index in [0.29, 0.717) is 13.0 Å². The van der Waals surface area contributed by atoms with Crippen LogP contribution in [-0.2, 0) is 14.3 Å². The van der Waals surface area contributed by atoms with Crippen LogP contribution in [0.3, 0.4) is 0 Å². The average molecular weight is 284 g/mol. The van der Waals surface area contributed by atoms with Crippen molar-refractivity contribution in [2.45, 2.75) is 70.9 Å². The van der Waals surface area contributed by atoms with E-state index < -0.39 is 5.54 Å². The van der Waals surface area contributed by atoms with Crippen LogP contribution in [-0.4, -0.2) is 30.1 Å². The molecule has 1 fully saturated rings. The van der Waals surface area contributed by atoms with Crippen molar-refractivity contribution >= 4 is 11.9 Å². The molecule has 1 amide bonds. The second-order valence-electron chi connectivity index (χ2n) is 5.94. The molecule has 1 unspecified atom stereocenters. The molecule has 1 aliphatic rings. The summed E-state index contributed by atoms with van der Waals surface area (Å²) in [4.78, 5) is 23.8. The van der Waals surface area contributed by atoms with Crippen LogP contribution in [0.2, 0.25) is 0 Å². The zero-order valence-electron chi connectivity index (χ0n) is 12.9. The molecule has 0 heterocycles. The largest absolute Gasteiger partial charge is 0.466 e. The minimum atomic E-state index is -0.799. The molecule has 0 bridgehead atoms. The first-order valence-corrected chi connectivity index (χ1v) is 7.67. The van der Waals surface area contributed by atoms with Gasteiger partial charge in [0.15, 0.2) is 0 Å². The topological polar surface area (TPSA) is 81.4 Å². The lowest BCUT2D eigenvalue weighted by Crippen LogP contribution is -2.54. The Morgan fingerprint density at radius 3 is 2.35 bits per heavy atom. The first-order chi connectivity index (χ1) is 9.40. The van der Waals surface area contributed by atoms with E-state index in [1.807, 2.05) is 13.8 Å². The van der Waals surface area contributed by atoms with Crippen LogP contribution in [0.1, 0.15) is 59.3 Å². The van der Waals surface area contributed by atoms with Crippen molar-refractivity contribution in [1.82, 2.24) is 5.32 Å². The van der Waals surface area contributed by atoms with E-state index in [4.69, 9.17) is 10.5 Å². The Kier molecular flexibility index (Phi) is 6.46. The predicted molar refractivity (Wildman–Crippen MR) is 78.0 cm³/mol. The summed E-state index contributed by atoms with van der Waals surface area (Å²) < 4.78 is 5.04. The number of nitrogens with one attached hydrogen (secondary N) is 1. The van der Waals surface area contributed by atoms with Gasteiger partial charge in [-0.25, -0.2) is 0 Å². The van der Waals surface area contributed by atoms with Gasteiger partial charge in [-0.3, -0.25) is 9.59 Å². The Hall–Kier alpha value is -1.10. The summed E-state index contributed by atoms with van der Waals surface area (Å²) in [5, 5.41) is 3.02. The van der Waals surface area contributed by atoms with E-state index in [1.54, 1.807) is 6.92 Å². The van der Waals surface area contributed by atoms with Crippen LogP contribution in [0.15, 0.2) is 0 Å². The van der Waals surface area contributed by atoms with E-state index in [2.05, 4.69) is 5.32 Å². The van der Waals surface area contributed by atoms with Gasteiger partial charge in [-0.05, 0) is 46.0 Å². The number of carbonyl (C=O) groups is 2. The van der Waals surface area contributed by atoms with E-state index in [1.165, 1.54) is 0 Å². The molecule has 1 atom stereocenters. The summed E-state index contributed by atoms with van der Waals surface area (Å²) in [5.41, 5.74) is 5.22. The Balaban J connectivity index is 2.39. The Bertz CT molecular complexity index is 334. The lowest BCUT2D eigenvalue weighted by atomic mass is 9.85. The number of nitrogens with two attached hydrogens (primary N) is 1. The second-order valence-corrected chi connectivity index (χ2v) is 5.94. The van der Waals surface area contributed by atoms with Crippen molar-refractivity contribution in [3.05, 3.63) is 0 Å². The molecule has 0 spiro atoms. The molecule has 20 heavy (non-hydrogen) atoms. The molecule has 1 rings (SSSR count). The number of esters is 1. The Morgan fingerprint density at radius 1 is 1.25 bits per heavy atom. The average Bonchev–Trinajstić information content (AvgIpc) is 2.39. The van der Waals surface area contributed by atoms with Gasteiger partial charge < -0.3 is 15.8 Å². The van der Waals surface area contributed by atoms with E-state index in [9.17, 15) is 9.59 Å². The molecule has 116 valence electrons. The third kappa shape index (κ3) is 4.78. The maximum atomic E-state index is 12.1. The fourth-order valence-electron chi connectivity index (χ4n) is 2.72. The fourth-order valence-corrected chi connectivity index (χ4v) is 2.72. The van der Waals surface area contributed by atoms with Gasteiger partial charge >= 0.3 is 5.97 Å². The van der Waals surface area contributed by atoms with Crippen LogP contribution in [0.25, 0.3) is 0 Å². The van der Waals surface area contributed by atoms with Crippen LogP contribution in [0, 0.1) is 5.92 Å². The molecule has 0 aromatic heterocycles. The molecule has 1 saturated carbocycles. The molecule has 5 nitrogen and oxygen atoms in total. The summed E-state index contributed by atoms with van der Waals surface area (Å²) in [5.74, 6) is -0.200. The van der Waals surface area contributed by atoms with Crippen molar-refractivity contribution in [1.29, 1.82) is 0 Å². The highest BCUT2D eigenvalue weighted by Gasteiger charge is 2.32. The first-order valence-electron chi connectivity index (χ1n) is 7.67. The number of ether oxygens (including phenoxy) is 1. The third-order valence-corrected chi connectivity index (χ3v) is 3.97. The molecular formula is C15H28N2O3. The smallest absolute Gasteiger partial charge is 0.308 e. The van der Waals surface area contributed by atoms with Gasteiger partial charge in [0.2, 0.25) is 5.91 Å². The normalized spacial score (nSPS) is 25.6.